The van der Waals surface area contributed by atoms with Crippen LogP contribution in [0.4, 0.5) is 0 Å². The number of rotatable bonds is 6. The van der Waals surface area contributed by atoms with E-state index in [4.69, 9.17) is 4.74 Å². The van der Waals surface area contributed by atoms with Crippen molar-refractivity contribution in [3.8, 4) is 10.4 Å². The van der Waals surface area contributed by atoms with Crippen LogP contribution in [-0.2, 0) is 9.53 Å². The summed E-state index contributed by atoms with van der Waals surface area (Å²) in [6.07, 6.45) is 2.24. The van der Waals surface area contributed by atoms with Gasteiger partial charge in [-0.3, -0.25) is 9.36 Å². The van der Waals surface area contributed by atoms with E-state index < -0.39 is 12.0 Å². The van der Waals surface area contributed by atoms with Gasteiger partial charge in [0, 0.05) is 4.88 Å². The molecule has 3 rings (SSSR count). The molecular formula is C20H22N2O3S. The third kappa shape index (κ3) is 3.85. The van der Waals surface area contributed by atoms with Crippen LogP contribution in [0.15, 0.2) is 47.5 Å². The first-order valence-electron chi connectivity index (χ1n) is 8.70. The summed E-state index contributed by atoms with van der Waals surface area (Å²) in [5.74, 6) is 0.0495. The Bertz CT molecular complexity index is 960. The lowest BCUT2D eigenvalue weighted by molar-refractivity contribution is -0.147. The van der Waals surface area contributed by atoms with Crippen LogP contribution in [-0.4, -0.2) is 22.1 Å². The van der Waals surface area contributed by atoms with Crippen molar-refractivity contribution in [2.24, 2.45) is 5.92 Å². The number of hydrogen-bond donors (Lipinski definition) is 0. The highest BCUT2D eigenvalue weighted by Gasteiger charge is 2.20. The molecule has 0 N–H and O–H groups in total. The zero-order valence-electron chi connectivity index (χ0n) is 15.1. The molecule has 3 aromatic rings. The minimum Gasteiger partial charge on any atom is -0.464 e. The van der Waals surface area contributed by atoms with Gasteiger partial charge in [-0.15, -0.1) is 11.3 Å². The Morgan fingerprint density at radius 1 is 1.23 bits per heavy atom. The summed E-state index contributed by atoms with van der Waals surface area (Å²) in [5, 5.41) is 0.526. The second kappa shape index (κ2) is 7.83. The van der Waals surface area contributed by atoms with Gasteiger partial charge >= 0.3 is 5.97 Å². The molecule has 0 fully saturated rings. The standard InChI is InChI=1S/C20H22N2O3S/c1-13(2)9-10-25-20(24)14(3)22-12-21-18-16(19(22)23)11-17(26-18)15-7-5-4-6-8-15/h4-8,11-14H,9-10H2,1-3H3. The Hall–Kier alpha value is -2.47. The topological polar surface area (TPSA) is 61.2 Å². The first-order chi connectivity index (χ1) is 12.5. The SMILES string of the molecule is CC(C)CCOC(=O)C(C)n1cnc2sc(-c3ccccc3)cc2c1=O. The predicted molar refractivity (Wildman–Crippen MR) is 104 cm³/mol. The molecule has 1 aromatic carbocycles. The smallest absolute Gasteiger partial charge is 0.328 e. The number of carbonyl (C=O) groups excluding carboxylic acids is 1. The third-order valence-electron chi connectivity index (χ3n) is 4.23. The molecule has 6 heteroatoms. The van der Waals surface area contributed by atoms with Crippen molar-refractivity contribution in [3.05, 3.63) is 53.1 Å². The fraction of sp³-hybridized carbons (Fsp3) is 0.350. The number of ether oxygens (including phenoxy) is 1. The van der Waals surface area contributed by atoms with Gasteiger partial charge < -0.3 is 4.74 Å². The fourth-order valence-corrected chi connectivity index (χ4v) is 3.58. The van der Waals surface area contributed by atoms with Crippen molar-refractivity contribution in [1.82, 2.24) is 9.55 Å². The Morgan fingerprint density at radius 3 is 2.65 bits per heavy atom. The zero-order chi connectivity index (χ0) is 18.7. The molecule has 2 heterocycles. The minimum absolute atomic E-state index is 0.221. The lowest BCUT2D eigenvalue weighted by Gasteiger charge is -2.14. The van der Waals surface area contributed by atoms with Crippen molar-refractivity contribution in [2.75, 3.05) is 6.61 Å². The van der Waals surface area contributed by atoms with Crippen LogP contribution in [0.3, 0.4) is 0 Å². The molecule has 26 heavy (non-hydrogen) atoms. The molecule has 136 valence electrons. The van der Waals surface area contributed by atoms with Gasteiger partial charge in [0.15, 0.2) is 0 Å². The van der Waals surface area contributed by atoms with Gasteiger partial charge in [0.25, 0.3) is 5.56 Å². The Kier molecular flexibility index (Phi) is 5.52. The van der Waals surface area contributed by atoms with E-state index in [-0.39, 0.29) is 5.56 Å². The lowest BCUT2D eigenvalue weighted by atomic mass is 10.1. The number of carbonyl (C=O) groups is 1. The highest BCUT2D eigenvalue weighted by molar-refractivity contribution is 7.21. The molecule has 5 nitrogen and oxygen atoms in total. The molecule has 0 saturated heterocycles. The number of thiophene rings is 1. The van der Waals surface area contributed by atoms with E-state index >= 15 is 0 Å². The van der Waals surface area contributed by atoms with E-state index in [1.54, 1.807) is 6.92 Å². The molecule has 0 aliphatic carbocycles. The second-order valence-corrected chi connectivity index (χ2v) is 7.71. The monoisotopic (exact) mass is 370 g/mol. The average molecular weight is 370 g/mol. The maximum absolute atomic E-state index is 12.8. The molecule has 0 amide bonds. The average Bonchev–Trinajstić information content (AvgIpc) is 3.07. The Labute approximate surface area is 156 Å². The lowest BCUT2D eigenvalue weighted by Crippen LogP contribution is -2.29. The first-order valence-corrected chi connectivity index (χ1v) is 9.51. The van der Waals surface area contributed by atoms with E-state index in [1.165, 1.54) is 22.2 Å². The van der Waals surface area contributed by atoms with Crippen molar-refractivity contribution in [2.45, 2.75) is 33.2 Å². The molecule has 0 spiro atoms. The highest BCUT2D eigenvalue weighted by Crippen LogP contribution is 2.30. The summed E-state index contributed by atoms with van der Waals surface area (Å²) in [4.78, 5) is 31.1. The maximum atomic E-state index is 12.8. The van der Waals surface area contributed by atoms with Crippen molar-refractivity contribution in [1.29, 1.82) is 0 Å². The molecule has 0 radical (unpaired) electrons. The number of benzene rings is 1. The normalized spacial score (nSPS) is 12.5. The van der Waals surface area contributed by atoms with Gasteiger partial charge in [0.2, 0.25) is 0 Å². The van der Waals surface area contributed by atoms with Crippen molar-refractivity contribution >= 4 is 27.5 Å². The van der Waals surface area contributed by atoms with Gasteiger partial charge in [-0.2, -0.15) is 0 Å². The maximum Gasteiger partial charge on any atom is 0.328 e. The van der Waals surface area contributed by atoms with Gasteiger partial charge in [0.1, 0.15) is 10.9 Å². The zero-order valence-corrected chi connectivity index (χ0v) is 16.0. The molecule has 1 unspecified atom stereocenters. The number of aromatic nitrogens is 2. The van der Waals surface area contributed by atoms with E-state index in [2.05, 4.69) is 18.8 Å². The molecule has 1 atom stereocenters. The number of nitrogens with zero attached hydrogens (tertiary/aromatic N) is 2. The van der Waals surface area contributed by atoms with Crippen LogP contribution in [0.2, 0.25) is 0 Å². The molecule has 0 aliphatic heterocycles. The van der Waals surface area contributed by atoms with Gasteiger partial charge in [-0.1, -0.05) is 44.2 Å². The molecule has 0 saturated carbocycles. The summed E-state index contributed by atoms with van der Waals surface area (Å²) in [5.41, 5.74) is 0.823. The fourth-order valence-electron chi connectivity index (χ4n) is 2.59. The molecule has 2 aromatic heterocycles. The molecule has 0 aliphatic rings. The first kappa shape index (κ1) is 18.3. The Morgan fingerprint density at radius 2 is 1.96 bits per heavy atom. The summed E-state index contributed by atoms with van der Waals surface area (Å²) in [6, 6.07) is 11.0. The number of fused-ring (bicyclic) bond motifs is 1. The van der Waals surface area contributed by atoms with Crippen LogP contribution in [0.5, 0.6) is 0 Å². The van der Waals surface area contributed by atoms with Crippen LogP contribution >= 0.6 is 11.3 Å². The molecule has 0 bridgehead atoms. The predicted octanol–water partition coefficient (Wildman–Crippen LogP) is 4.28. The summed E-state index contributed by atoms with van der Waals surface area (Å²) >= 11 is 1.47. The van der Waals surface area contributed by atoms with Gasteiger partial charge in [0.05, 0.1) is 18.3 Å². The van der Waals surface area contributed by atoms with Gasteiger partial charge in [-0.25, -0.2) is 9.78 Å². The van der Waals surface area contributed by atoms with Crippen LogP contribution in [0.25, 0.3) is 20.7 Å². The summed E-state index contributed by atoms with van der Waals surface area (Å²) in [7, 11) is 0. The van der Waals surface area contributed by atoms with E-state index in [0.717, 1.165) is 16.9 Å². The van der Waals surface area contributed by atoms with Crippen molar-refractivity contribution in [3.63, 3.8) is 0 Å². The van der Waals surface area contributed by atoms with E-state index in [1.807, 2.05) is 36.4 Å². The quantitative estimate of drug-likeness (QED) is 0.608. The van der Waals surface area contributed by atoms with Crippen molar-refractivity contribution < 1.29 is 9.53 Å². The number of hydrogen-bond acceptors (Lipinski definition) is 5. The molecular weight excluding hydrogens is 348 g/mol. The Balaban J connectivity index is 1.87. The largest absolute Gasteiger partial charge is 0.464 e. The number of esters is 1. The highest BCUT2D eigenvalue weighted by atomic mass is 32.1. The van der Waals surface area contributed by atoms with Crippen LogP contribution in [0.1, 0.15) is 33.2 Å². The van der Waals surface area contributed by atoms with Crippen LogP contribution in [0, 0.1) is 5.92 Å². The van der Waals surface area contributed by atoms with E-state index in [9.17, 15) is 9.59 Å². The summed E-state index contributed by atoms with van der Waals surface area (Å²) < 4.78 is 6.64. The van der Waals surface area contributed by atoms with E-state index in [0.29, 0.717) is 22.7 Å². The van der Waals surface area contributed by atoms with Gasteiger partial charge in [-0.05, 0) is 30.9 Å². The van der Waals surface area contributed by atoms with Crippen LogP contribution < -0.4 is 5.56 Å². The summed E-state index contributed by atoms with van der Waals surface area (Å²) in [6.45, 7) is 6.17. The minimum atomic E-state index is -0.702. The third-order valence-corrected chi connectivity index (χ3v) is 5.33. The second-order valence-electron chi connectivity index (χ2n) is 6.68.